The van der Waals surface area contributed by atoms with E-state index in [0.717, 1.165) is 21.8 Å². The van der Waals surface area contributed by atoms with Gasteiger partial charge >= 0.3 is 5.78 Å². The van der Waals surface area contributed by atoms with Gasteiger partial charge in [-0.2, -0.15) is 0 Å². The van der Waals surface area contributed by atoms with Gasteiger partial charge in [-0.05, 0) is 18.2 Å². The molecule has 0 bridgehead atoms. The van der Waals surface area contributed by atoms with Gasteiger partial charge in [0, 0.05) is 72.5 Å². The number of allylic oxidation sites excluding steroid dienone is 1. The van der Waals surface area contributed by atoms with Crippen molar-refractivity contribution in [3.63, 3.8) is 0 Å². The second-order valence-corrected chi connectivity index (χ2v) is 7.92. The number of fused-ring (bicyclic) bond motifs is 3. The van der Waals surface area contributed by atoms with Gasteiger partial charge in [-0.1, -0.05) is 24.3 Å². The Morgan fingerprint density at radius 3 is 1.56 bits per heavy atom. The summed E-state index contributed by atoms with van der Waals surface area (Å²) in [6.45, 7) is 0. The first-order chi connectivity index (χ1) is 18.9. The number of hydrogen-bond acceptors (Lipinski definition) is 3. The van der Waals surface area contributed by atoms with Crippen LogP contribution >= 0.6 is 0 Å². The number of carbonyl (C=O) groups excluding carboxylic acids is 1. The monoisotopic (exact) mass is 720 g/mol. The maximum atomic E-state index is 13.5. The summed E-state index contributed by atoms with van der Waals surface area (Å²) in [6, 6.07) is 12.1. The van der Waals surface area contributed by atoms with Crippen LogP contribution in [0.25, 0.3) is 27.6 Å². The Balaban J connectivity index is 0.000000257. The van der Waals surface area contributed by atoms with Crippen LogP contribution in [0.15, 0.2) is 60.9 Å². The first kappa shape index (κ1) is 32.2. The molecule has 2 heterocycles. The Morgan fingerprint density at radius 2 is 1.07 bits per heavy atom. The van der Waals surface area contributed by atoms with E-state index in [1.165, 1.54) is 0 Å². The zero-order chi connectivity index (χ0) is 29.3. The van der Waals surface area contributed by atoms with Crippen LogP contribution in [-0.4, -0.2) is 25.7 Å². The van der Waals surface area contributed by atoms with Crippen LogP contribution in [-0.2, 0) is 0 Å². The second-order valence-electron chi connectivity index (χ2n) is 7.92. The number of benzene rings is 3. The summed E-state index contributed by atoms with van der Waals surface area (Å²) >= 11 is 0. The molecule has 0 aliphatic carbocycles. The van der Waals surface area contributed by atoms with Gasteiger partial charge in [-0.3, -0.25) is 14.8 Å². The summed E-state index contributed by atoms with van der Waals surface area (Å²) in [7, 11) is 0. The van der Waals surface area contributed by atoms with E-state index in [0.29, 0.717) is 0 Å². The number of aliphatic hydroxyl groups is 1. The molecule has 14 heteroatoms. The van der Waals surface area contributed by atoms with Crippen molar-refractivity contribution in [2.75, 3.05) is 0 Å². The standard InChI is InChI=1S/C15H3F9O2.C12H8N2.Eu/c16-4-1-3(8(17)12(21)9(4)18)5(25)2-6(26)7-10(19)13(22)15(24)14(23)11(7)20;1-3-9-5-6-10-4-2-8-14-12(10)11(9)13-7-1;/h1-2,26H;1-8H;/p+1/b6-2-;;. The molecule has 3 aromatic carbocycles. The summed E-state index contributed by atoms with van der Waals surface area (Å²) in [4.78, 5) is 18.2. The molecular formula is C27H12EuF9N2O2+. The van der Waals surface area contributed by atoms with Crippen LogP contribution in [0.2, 0.25) is 0 Å². The number of hydrogen-bond donors (Lipinski definition) is 1. The number of pyridine rings is 2. The van der Waals surface area contributed by atoms with Crippen molar-refractivity contribution < 1.29 is 98.8 Å². The molecule has 1 radical (unpaired) electrons. The predicted molar refractivity (Wildman–Crippen MR) is 126 cm³/mol. The third kappa shape index (κ3) is 6.29. The van der Waals surface area contributed by atoms with E-state index in [1.807, 2.05) is 12.1 Å². The Labute approximate surface area is 264 Å². The van der Waals surface area contributed by atoms with Crippen molar-refractivity contribution in [3.8, 4) is 0 Å². The third-order valence-electron chi connectivity index (χ3n) is 5.46. The maximum Gasteiger partial charge on any atom is 0.354 e. The number of nitrogens with zero attached hydrogens (tertiary/aromatic N) is 2. The molecule has 211 valence electrons. The fraction of sp³-hybridized carbons (Fsp3) is 0. The van der Waals surface area contributed by atoms with Crippen molar-refractivity contribution in [2.45, 2.75) is 0 Å². The molecule has 0 spiro atoms. The first-order valence-corrected chi connectivity index (χ1v) is 10.8. The van der Waals surface area contributed by atoms with Gasteiger partial charge in [-0.15, -0.1) is 0 Å². The molecule has 41 heavy (non-hydrogen) atoms. The molecule has 0 saturated heterocycles. The topological polar surface area (TPSA) is 67.4 Å². The van der Waals surface area contributed by atoms with Crippen molar-refractivity contribution in [1.29, 1.82) is 0 Å². The summed E-state index contributed by atoms with van der Waals surface area (Å²) in [5, 5.41) is 11.8. The minimum atomic E-state index is -2.53. The second kappa shape index (κ2) is 13.1. The summed E-state index contributed by atoms with van der Waals surface area (Å²) < 4.78 is 119. The van der Waals surface area contributed by atoms with Gasteiger partial charge in [0.15, 0.2) is 46.5 Å². The molecule has 2 aromatic heterocycles. The van der Waals surface area contributed by atoms with Crippen molar-refractivity contribution >= 4 is 33.3 Å². The Hall–Kier alpha value is -3.36. The predicted octanol–water partition coefficient (Wildman–Crippen LogP) is 7.21. The molecule has 0 fully saturated rings. The van der Waals surface area contributed by atoms with Crippen LogP contribution in [0.4, 0.5) is 39.5 Å². The summed E-state index contributed by atoms with van der Waals surface area (Å²) in [5.74, 6) is -24.4. The van der Waals surface area contributed by atoms with Gasteiger partial charge in [0.1, 0.15) is 11.3 Å². The largest absolute Gasteiger partial charge is 0.507 e. The molecule has 0 aliphatic heterocycles. The molecule has 2 N–H and O–H groups in total. The minimum absolute atomic E-state index is 0. The quantitative estimate of drug-likeness (QED) is 0.0314. The van der Waals surface area contributed by atoms with Crippen molar-refractivity contribution in [1.82, 2.24) is 9.97 Å². The first-order valence-electron chi connectivity index (χ1n) is 10.8. The smallest absolute Gasteiger partial charge is 0.354 e. The summed E-state index contributed by atoms with van der Waals surface area (Å²) in [5.41, 5.74) is -1.33. The maximum absolute atomic E-state index is 13.5. The molecule has 4 nitrogen and oxygen atoms in total. The van der Waals surface area contributed by atoms with Crippen LogP contribution in [0, 0.1) is 102 Å². The van der Waals surface area contributed by atoms with E-state index in [4.69, 9.17) is 0 Å². The molecule has 0 aliphatic rings. The zero-order valence-electron chi connectivity index (χ0n) is 19.8. The van der Waals surface area contributed by atoms with Crippen LogP contribution in [0.3, 0.4) is 0 Å². The van der Waals surface area contributed by atoms with E-state index >= 15 is 0 Å². The molecule has 0 unspecified atom stereocenters. The number of aromatic nitrogens is 2. The fourth-order valence-electron chi connectivity index (χ4n) is 3.55. The molecule has 0 atom stereocenters. The Bertz CT molecular complexity index is 1760. The van der Waals surface area contributed by atoms with Gasteiger partial charge in [0.2, 0.25) is 5.82 Å². The van der Waals surface area contributed by atoms with E-state index in [-0.39, 0.29) is 61.5 Å². The number of rotatable bonds is 3. The third-order valence-corrected chi connectivity index (χ3v) is 5.46. The van der Waals surface area contributed by atoms with Crippen molar-refractivity contribution in [3.05, 3.63) is 124 Å². The van der Waals surface area contributed by atoms with Gasteiger partial charge in [0.25, 0.3) is 0 Å². The van der Waals surface area contributed by atoms with Crippen LogP contribution in [0.1, 0.15) is 11.1 Å². The Kier molecular flexibility index (Phi) is 10.3. The van der Waals surface area contributed by atoms with E-state index in [9.17, 15) is 49.4 Å². The normalized spacial score (nSPS) is 11.2. The molecule has 5 aromatic rings. The molecule has 0 amide bonds. The van der Waals surface area contributed by atoms with Gasteiger partial charge < -0.3 is 5.11 Å². The van der Waals surface area contributed by atoms with Gasteiger partial charge in [0.05, 0.1) is 22.7 Å². The van der Waals surface area contributed by atoms with E-state index in [2.05, 4.69) is 34.2 Å². The summed E-state index contributed by atoms with van der Waals surface area (Å²) in [6.07, 6.45) is 3.46. The van der Waals surface area contributed by atoms with E-state index < -0.39 is 75.0 Å². The van der Waals surface area contributed by atoms with Crippen LogP contribution < -0.4 is 0 Å². The molecule has 5 rings (SSSR count). The average molecular weight is 719 g/mol. The average Bonchev–Trinajstić information content (AvgIpc) is 2.96. The SMILES string of the molecule is O/C(=C\C(=[OH+])c1cc(F)c(F)c(F)c1F)c1c(F)c(F)c(F)c(F)c1F.[Eu].c1cnc2c(c1)ccc1cccnc12. The van der Waals surface area contributed by atoms with Crippen LogP contribution in [0.5, 0.6) is 0 Å². The van der Waals surface area contributed by atoms with E-state index in [1.54, 1.807) is 12.4 Å². The minimum Gasteiger partial charge on any atom is -0.507 e. The zero-order valence-corrected chi connectivity index (χ0v) is 22.3. The molecule has 0 saturated carbocycles. The van der Waals surface area contributed by atoms with Crippen molar-refractivity contribution in [2.24, 2.45) is 0 Å². The number of halogens is 9. The number of aliphatic hydroxyl groups excluding tert-OH is 1. The fourth-order valence-corrected chi connectivity index (χ4v) is 3.55. The number of ketones is 1. The molecular weight excluding hydrogens is 707 g/mol. The Morgan fingerprint density at radius 1 is 0.634 bits per heavy atom. The van der Waals surface area contributed by atoms with Gasteiger partial charge in [-0.25, -0.2) is 39.5 Å².